The fraction of sp³-hybridized carbons (Fsp3) is 0.308. The number of fused-ring (bicyclic) bond motifs is 1. The van der Waals surface area contributed by atoms with E-state index >= 15 is 0 Å². The predicted molar refractivity (Wildman–Crippen MR) is 150 cm³/mol. The van der Waals surface area contributed by atoms with Gasteiger partial charge in [-0.2, -0.15) is 5.10 Å². The molecule has 2 aromatic heterocycles. The fourth-order valence-electron chi connectivity index (χ4n) is 3.52. The molecule has 0 spiro atoms. The number of rotatable bonds is 12. The van der Waals surface area contributed by atoms with Gasteiger partial charge in [0, 0.05) is 23.7 Å². The van der Waals surface area contributed by atoms with Crippen molar-refractivity contribution in [3.05, 3.63) is 71.4 Å². The summed E-state index contributed by atoms with van der Waals surface area (Å²) in [6.07, 6.45) is 4.56. The maximum Gasteiger partial charge on any atom is 0.191 e. The largest absolute Gasteiger partial charge is 0.496 e. The minimum atomic E-state index is -1.27. The Morgan fingerprint density at radius 1 is 1.14 bits per heavy atom. The van der Waals surface area contributed by atoms with Crippen LogP contribution in [0, 0.1) is 0 Å². The average Bonchev–Trinajstić information content (AvgIpc) is 3.57. The molecule has 0 aliphatic rings. The zero-order valence-electron chi connectivity index (χ0n) is 21.7. The lowest BCUT2D eigenvalue weighted by molar-refractivity contribution is 0.404. The van der Waals surface area contributed by atoms with Gasteiger partial charge in [0.05, 0.1) is 31.9 Å². The quantitative estimate of drug-likeness (QED) is 0.220. The Morgan fingerprint density at radius 3 is 2.62 bits per heavy atom. The van der Waals surface area contributed by atoms with E-state index in [-0.39, 0.29) is 0 Å². The van der Waals surface area contributed by atoms with Crippen molar-refractivity contribution in [2.75, 3.05) is 18.9 Å². The molecule has 0 amide bonds. The number of nitrogens with zero attached hydrogens (tertiary/aromatic N) is 3. The lowest BCUT2D eigenvalue weighted by Crippen LogP contribution is -2.13. The van der Waals surface area contributed by atoms with Crippen LogP contribution in [-0.4, -0.2) is 33.4 Å². The lowest BCUT2D eigenvalue weighted by Gasteiger charge is -2.11. The highest BCUT2D eigenvalue weighted by Crippen LogP contribution is 2.37. The molecule has 37 heavy (non-hydrogen) atoms. The molecule has 2 heterocycles. The number of hydrogen-bond donors (Lipinski definition) is 2. The van der Waals surface area contributed by atoms with Gasteiger partial charge >= 0.3 is 0 Å². The standard InChI is InChI=1S/C24H27N5O4S2.C2H6/c1-5-16-7-8-19(31-3)22(11-16)34-28-24-23-20(32-4)9-17(10-21(23)33-27-24)14-29-15-18(12-25-29)13-26-35(30)6-2;1-2/h6-12,15,26H,2,5,13-14H2,1,3-4H3,(H,27,28);1-2H3. The summed E-state index contributed by atoms with van der Waals surface area (Å²) in [6.45, 7) is 10.6. The van der Waals surface area contributed by atoms with E-state index in [1.807, 2.05) is 38.2 Å². The van der Waals surface area contributed by atoms with Gasteiger partial charge in [-0.05, 0) is 53.8 Å². The van der Waals surface area contributed by atoms with Crippen LogP contribution < -0.4 is 18.9 Å². The summed E-state index contributed by atoms with van der Waals surface area (Å²) in [5, 5.41) is 10.7. The second kappa shape index (κ2) is 13.9. The molecule has 4 aromatic rings. The van der Waals surface area contributed by atoms with Crippen molar-refractivity contribution in [2.45, 2.75) is 45.2 Å². The highest BCUT2D eigenvalue weighted by Gasteiger charge is 2.17. The van der Waals surface area contributed by atoms with Crippen LogP contribution >= 0.6 is 11.9 Å². The van der Waals surface area contributed by atoms with Gasteiger partial charge < -0.3 is 18.7 Å². The smallest absolute Gasteiger partial charge is 0.191 e. The number of anilines is 1. The Morgan fingerprint density at radius 2 is 1.92 bits per heavy atom. The third kappa shape index (κ3) is 7.15. The Balaban J connectivity index is 0.00000186. The number of aromatic nitrogens is 3. The average molecular weight is 544 g/mol. The van der Waals surface area contributed by atoms with E-state index in [0.29, 0.717) is 30.2 Å². The van der Waals surface area contributed by atoms with E-state index in [0.717, 1.165) is 33.6 Å². The molecule has 2 aromatic carbocycles. The van der Waals surface area contributed by atoms with Gasteiger partial charge in [-0.3, -0.25) is 4.68 Å². The molecule has 0 aliphatic heterocycles. The molecule has 0 bridgehead atoms. The first-order chi connectivity index (χ1) is 18.0. The third-order valence-corrected chi connectivity index (χ3v) is 6.88. The second-order valence-corrected chi connectivity index (χ2v) is 9.64. The molecular weight excluding hydrogens is 510 g/mol. The van der Waals surface area contributed by atoms with E-state index in [4.69, 9.17) is 14.0 Å². The molecule has 0 radical (unpaired) electrons. The van der Waals surface area contributed by atoms with Gasteiger partial charge in [-0.1, -0.05) is 38.6 Å². The van der Waals surface area contributed by atoms with Gasteiger partial charge in [-0.25, -0.2) is 8.93 Å². The van der Waals surface area contributed by atoms with Gasteiger partial charge in [0.25, 0.3) is 0 Å². The highest BCUT2D eigenvalue weighted by atomic mass is 32.2. The first-order valence-electron chi connectivity index (χ1n) is 11.9. The number of methoxy groups -OCH3 is 2. The number of aryl methyl sites for hydroxylation is 1. The zero-order valence-corrected chi connectivity index (χ0v) is 23.4. The molecule has 2 N–H and O–H groups in total. The Labute approximate surface area is 224 Å². The number of benzene rings is 2. The summed E-state index contributed by atoms with van der Waals surface area (Å²) in [7, 11) is 2.01. The molecule has 9 nitrogen and oxygen atoms in total. The molecule has 1 unspecified atom stereocenters. The Kier molecular flexibility index (Phi) is 10.6. The second-order valence-electron chi connectivity index (χ2n) is 7.58. The number of ether oxygens (including phenoxy) is 2. The fourth-order valence-corrected chi connectivity index (χ4v) is 4.76. The normalized spacial score (nSPS) is 11.5. The van der Waals surface area contributed by atoms with Crippen molar-refractivity contribution in [2.24, 2.45) is 0 Å². The molecule has 4 rings (SSSR count). The van der Waals surface area contributed by atoms with Crippen molar-refractivity contribution in [1.82, 2.24) is 19.7 Å². The first-order valence-corrected chi connectivity index (χ1v) is 13.9. The van der Waals surface area contributed by atoms with Crippen molar-refractivity contribution in [3.8, 4) is 11.5 Å². The summed E-state index contributed by atoms with van der Waals surface area (Å²) in [5.41, 5.74) is 3.68. The van der Waals surface area contributed by atoms with E-state index in [1.165, 1.54) is 22.9 Å². The summed E-state index contributed by atoms with van der Waals surface area (Å²) in [5.74, 6) is 2.00. The highest BCUT2D eigenvalue weighted by molar-refractivity contribution is 8.00. The number of hydrogen-bond acceptors (Lipinski definition) is 8. The number of nitrogens with one attached hydrogen (secondary N) is 2. The summed E-state index contributed by atoms with van der Waals surface area (Å²) in [4.78, 5) is 0.958. The topological polar surface area (TPSA) is 103 Å². The maximum atomic E-state index is 11.5. The van der Waals surface area contributed by atoms with Crippen LogP contribution in [0.5, 0.6) is 11.5 Å². The molecular formula is C26H33N5O4S2. The van der Waals surface area contributed by atoms with Crippen LogP contribution in [0.4, 0.5) is 5.82 Å². The molecule has 0 saturated heterocycles. The van der Waals surface area contributed by atoms with Gasteiger partial charge in [0.15, 0.2) is 11.4 Å². The van der Waals surface area contributed by atoms with Crippen molar-refractivity contribution < 1.29 is 18.2 Å². The van der Waals surface area contributed by atoms with Crippen LogP contribution in [0.25, 0.3) is 11.0 Å². The monoisotopic (exact) mass is 543 g/mol. The van der Waals surface area contributed by atoms with Gasteiger partial charge in [0.1, 0.15) is 27.9 Å². The SMILES string of the molecule is C=CS(=O)NCc1cnn(Cc2cc(OC)c3c(NSc4cc(CC)ccc4OC)noc3c2)c1.CC. The minimum absolute atomic E-state index is 0.432. The zero-order chi connectivity index (χ0) is 26.8. The van der Waals surface area contributed by atoms with Crippen molar-refractivity contribution >= 4 is 39.7 Å². The molecule has 198 valence electrons. The molecule has 0 fully saturated rings. The van der Waals surface area contributed by atoms with Crippen LogP contribution in [0.1, 0.15) is 37.5 Å². The summed E-state index contributed by atoms with van der Waals surface area (Å²) in [6, 6.07) is 9.98. The van der Waals surface area contributed by atoms with Gasteiger partial charge in [0.2, 0.25) is 0 Å². The van der Waals surface area contributed by atoms with E-state index in [9.17, 15) is 4.21 Å². The van der Waals surface area contributed by atoms with Crippen LogP contribution in [0.15, 0.2) is 64.1 Å². The summed E-state index contributed by atoms with van der Waals surface area (Å²) < 4.78 is 36.2. The van der Waals surface area contributed by atoms with Gasteiger partial charge in [-0.15, -0.1) is 0 Å². The molecule has 1 atom stereocenters. The molecule has 0 saturated carbocycles. The molecule has 0 aliphatic carbocycles. The van der Waals surface area contributed by atoms with E-state index < -0.39 is 11.0 Å². The van der Waals surface area contributed by atoms with Crippen molar-refractivity contribution in [3.63, 3.8) is 0 Å². The molecule has 11 heteroatoms. The van der Waals surface area contributed by atoms with Crippen LogP contribution in [0.3, 0.4) is 0 Å². The Bertz CT molecular complexity index is 1350. The maximum absolute atomic E-state index is 11.5. The van der Waals surface area contributed by atoms with E-state index in [1.54, 1.807) is 25.1 Å². The van der Waals surface area contributed by atoms with Crippen LogP contribution in [-0.2, 0) is 30.5 Å². The minimum Gasteiger partial charge on any atom is -0.496 e. The summed E-state index contributed by atoms with van der Waals surface area (Å²) >= 11 is 1.41. The van der Waals surface area contributed by atoms with Crippen molar-refractivity contribution in [1.29, 1.82) is 0 Å². The Hall–Kier alpha value is -3.28. The van der Waals surface area contributed by atoms with E-state index in [2.05, 4.69) is 45.3 Å². The lowest BCUT2D eigenvalue weighted by atomic mass is 10.1. The third-order valence-electron chi connectivity index (χ3n) is 5.31. The first kappa shape index (κ1) is 28.3. The van der Waals surface area contributed by atoms with Crippen LogP contribution in [0.2, 0.25) is 0 Å². The predicted octanol–water partition coefficient (Wildman–Crippen LogP) is 5.69.